The topological polar surface area (TPSA) is 76.7 Å². The van der Waals surface area contributed by atoms with Gasteiger partial charge in [0.25, 0.3) is 0 Å². The van der Waals surface area contributed by atoms with E-state index in [9.17, 15) is 14.7 Å². The predicted molar refractivity (Wildman–Crippen MR) is 93.4 cm³/mol. The van der Waals surface area contributed by atoms with E-state index in [1.165, 1.54) is 13.4 Å². The minimum Gasteiger partial charge on any atom is -0.496 e. The average molecular weight is 338 g/mol. The number of hydrogen-bond donors (Lipinski definition) is 1. The lowest BCUT2D eigenvalue weighted by Crippen LogP contribution is -2.12. The summed E-state index contributed by atoms with van der Waals surface area (Å²) in [6.07, 6.45) is 1.48. The second-order valence-corrected chi connectivity index (χ2v) is 5.97. The number of methoxy groups -OCH3 is 1. The van der Waals surface area contributed by atoms with E-state index in [0.717, 1.165) is 5.56 Å². The highest BCUT2D eigenvalue weighted by molar-refractivity contribution is 6.17. The van der Waals surface area contributed by atoms with Crippen molar-refractivity contribution in [1.29, 1.82) is 0 Å². The number of furan rings is 1. The third-order valence-electron chi connectivity index (χ3n) is 4.30. The molecule has 0 fully saturated rings. The van der Waals surface area contributed by atoms with Crippen LogP contribution >= 0.6 is 0 Å². The minimum absolute atomic E-state index is 0.239. The number of carboxylic acid groups (broad SMARTS) is 1. The highest BCUT2D eigenvalue weighted by Gasteiger charge is 2.28. The molecule has 0 aliphatic rings. The molecule has 0 aliphatic heterocycles. The number of carbonyl (C=O) groups excluding carboxylic acids is 1. The van der Waals surface area contributed by atoms with E-state index < -0.39 is 11.9 Å². The molecule has 0 aliphatic carbocycles. The quantitative estimate of drug-likeness (QED) is 0.707. The number of rotatable bonds is 5. The van der Waals surface area contributed by atoms with Crippen molar-refractivity contribution in [2.75, 3.05) is 7.11 Å². The standard InChI is InChI=1S/C20H18O5/c1-11-4-6-13(7-5-11)17(21)16-18-14(8-9-25-18)10-15(19(16)24-3)12(2)20(22)23/h4-10,12H,1-3H3,(H,22,23). The van der Waals surface area contributed by atoms with Gasteiger partial charge in [-0.1, -0.05) is 29.8 Å². The lowest BCUT2D eigenvalue weighted by Gasteiger charge is -2.16. The maximum atomic E-state index is 13.1. The Labute approximate surface area is 144 Å². The molecule has 0 bridgehead atoms. The molecule has 0 spiro atoms. The largest absolute Gasteiger partial charge is 0.496 e. The monoisotopic (exact) mass is 338 g/mol. The summed E-state index contributed by atoms with van der Waals surface area (Å²) in [7, 11) is 1.42. The number of benzene rings is 2. The van der Waals surface area contributed by atoms with Crippen LogP contribution in [0.4, 0.5) is 0 Å². The van der Waals surface area contributed by atoms with Gasteiger partial charge >= 0.3 is 5.97 Å². The van der Waals surface area contributed by atoms with Crippen molar-refractivity contribution >= 4 is 22.7 Å². The number of hydrogen-bond acceptors (Lipinski definition) is 4. The summed E-state index contributed by atoms with van der Waals surface area (Å²) >= 11 is 0. The van der Waals surface area contributed by atoms with Crippen molar-refractivity contribution in [2.24, 2.45) is 0 Å². The normalized spacial score (nSPS) is 12.1. The van der Waals surface area contributed by atoms with Gasteiger partial charge in [0.2, 0.25) is 5.78 Å². The van der Waals surface area contributed by atoms with E-state index in [0.29, 0.717) is 22.1 Å². The van der Waals surface area contributed by atoms with Crippen molar-refractivity contribution < 1.29 is 23.8 Å². The Morgan fingerprint density at radius 2 is 1.84 bits per heavy atom. The van der Waals surface area contributed by atoms with Crippen LogP contribution in [0.1, 0.15) is 39.9 Å². The van der Waals surface area contributed by atoms with Gasteiger partial charge in [-0.25, -0.2) is 0 Å². The minimum atomic E-state index is -0.991. The first-order valence-electron chi connectivity index (χ1n) is 7.86. The average Bonchev–Trinajstić information content (AvgIpc) is 3.07. The van der Waals surface area contributed by atoms with Crippen molar-refractivity contribution in [3.63, 3.8) is 0 Å². The molecule has 5 nitrogen and oxygen atoms in total. The van der Waals surface area contributed by atoms with Crippen LogP contribution in [0.2, 0.25) is 0 Å². The number of ether oxygens (including phenoxy) is 1. The number of carboxylic acids is 1. The first-order valence-corrected chi connectivity index (χ1v) is 7.86. The lowest BCUT2D eigenvalue weighted by molar-refractivity contribution is -0.138. The van der Waals surface area contributed by atoms with Gasteiger partial charge in [0, 0.05) is 16.5 Å². The van der Waals surface area contributed by atoms with E-state index in [1.807, 2.05) is 19.1 Å². The zero-order valence-electron chi connectivity index (χ0n) is 14.2. The zero-order chi connectivity index (χ0) is 18.1. The van der Waals surface area contributed by atoms with E-state index in [-0.39, 0.29) is 17.1 Å². The molecule has 25 heavy (non-hydrogen) atoms. The SMILES string of the molecule is COc1c(C(C)C(=O)O)cc2ccoc2c1C(=O)c1ccc(C)cc1. The van der Waals surface area contributed by atoms with Gasteiger partial charge in [0.05, 0.1) is 19.3 Å². The van der Waals surface area contributed by atoms with Gasteiger partial charge in [-0.15, -0.1) is 0 Å². The molecule has 1 unspecified atom stereocenters. The zero-order valence-corrected chi connectivity index (χ0v) is 14.2. The molecule has 0 radical (unpaired) electrons. The fourth-order valence-corrected chi connectivity index (χ4v) is 2.85. The van der Waals surface area contributed by atoms with Crippen molar-refractivity contribution in [2.45, 2.75) is 19.8 Å². The first-order chi connectivity index (χ1) is 11.9. The van der Waals surface area contributed by atoms with Gasteiger partial charge in [0.1, 0.15) is 16.9 Å². The summed E-state index contributed by atoms with van der Waals surface area (Å²) in [6.45, 7) is 3.50. The molecule has 3 aromatic rings. The summed E-state index contributed by atoms with van der Waals surface area (Å²) in [5, 5.41) is 10.1. The molecule has 1 aromatic heterocycles. The molecule has 0 saturated heterocycles. The van der Waals surface area contributed by atoms with E-state index in [1.54, 1.807) is 31.2 Å². The fraction of sp³-hybridized carbons (Fsp3) is 0.200. The van der Waals surface area contributed by atoms with E-state index in [2.05, 4.69) is 0 Å². The van der Waals surface area contributed by atoms with Gasteiger partial charge in [-0.2, -0.15) is 0 Å². The van der Waals surface area contributed by atoms with Crippen LogP contribution < -0.4 is 4.74 Å². The van der Waals surface area contributed by atoms with Crippen molar-refractivity contribution in [3.8, 4) is 5.75 Å². The Balaban J connectivity index is 2.28. The Morgan fingerprint density at radius 3 is 2.44 bits per heavy atom. The molecule has 2 aromatic carbocycles. The molecule has 5 heteroatoms. The Morgan fingerprint density at radius 1 is 1.16 bits per heavy atom. The molecule has 0 saturated carbocycles. The van der Waals surface area contributed by atoms with Crippen LogP contribution in [0, 0.1) is 6.92 Å². The number of ketones is 1. The van der Waals surface area contributed by atoms with Gasteiger partial charge in [-0.3, -0.25) is 9.59 Å². The summed E-state index contributed by atoms with van der Waals surface area (Å²) in [5.41, 5.74) is 2.61. The molecular weight excluding hydrogens is 320 g/mol. The highest BCUT2D eigenvalue weighted by atomic mass is 16.5. The number of aryl methyl sites for hydroxylation is 1. The maximum absolute atomic E-state index is 13.1. The maximum Gasteiger partial charge on any atom is 0.310 e. The second-order valence-electron chi connectivity index (χ2n) is 5.97. The Hall–Kier alpha value is -3.08. The van der Waals surface area contributed by atoms with E-state index >= 15 is 0 Å². The molecule has 3 rings (SSSR count). The van der Waals surface area contributed by atoms with Gasteiger partial charge < -0.3 is 14.3 Å². The molecular formula is C20H18O5. The molecule has 1 N–H and O–H groups in total. The summed E-state index contributed by atoms with van der Waals surface area (Å²) < 4.78 is 11.0. The Kier molecular flexibility index (Phi) is 4.31. The first kappa shape index (κ1) is 16.8. The van der Waals surface area contributed by atoms with Crippen LogP contribution in [0.5, 0.6) is 5.75 Å². The molecule has 1 heterocycles. The van der Waals surface area contributed by atoms with Crippen molar-refractivity contribution in [1.82, 2.24) is 0 Å². The second kappa shape index (κ2) is 6.43. The van der Waals surface area contributed by atoms with Gasteiger partial charge in [0.15, 0.2) is 0 Å². The molecule has 128 valence electrons. The van der Waals surface area contributed by atoms with Crippen LogP contribution in [0.25, 0.3) is 11.0 Å². The summed E-state index contributed by atoms with van der Waals surface area (Å²) in [5.74, 6) is -1.84. The van der Waals surface area contributed by atoms with Gasteiger partial charge in [-0.05, 0) is 26.0 Å². The predicted octanol–water partition coefficient (Wildman–Crippen LogP) is 4.17. The highest BCUT2D eigenvalue weighted by Crippen LogP contribution is 2.38. The van der Waals surface area contributed by atoms with Crippen LogP contribution in [0.15, 0.2) is 47.1 Å². The van der Waals surface area contributed by atoms with Crippen molar-refractivity contribution in [3.05, 3.63) is 64.9 Å². The van der Waals surface area contributed by atoms with Crippen LogP contribution in [-0.2, 0) is 4.79 Å². The lowest BCUT2D eigenvalue weighted by atomic mass is 9.92. The van der Waals surface area contributed by atoms with Crippen LogP contribution in [0.3, 0.4) is 0 Å². The third kappa shape index (κ3) is 2.89. The van der Waals surface area contributed by atoms with E-state index in [4.69, 9.17) is 9.15 Å². The molecule has 0 amide bonds. The number of fused-ring (bicyclic) bond motifs is 1. The van der Waals surface area contributed by atoms with Crippen LogP contribution in [-0.4, -0.2) is 24.0 Å². The Bertz CT molecular complexity index is 950. The molecule has 1 atom stereocenters. The summed E-state index contributed by atoms with van der Waals surface area (Å²) in [6, 6.07) is 10.6. The summed E-state index contributed by atoms with van der Waals surface area (Å²) in [4.78, 5) is 24.6. The number of aliphatic carboxylic acids is 1. The third-order valence-corrected chi connectivity index (χ3v) is 4.30. The smallest absolute Gasteiger partial charge is 0.310 e. The fourth-order valence-electron chi connectivity index (χ4n) is 2.85. The number of carbonyl (C=O) groups is 2.